The lowest BCUT2D eigenvalue weighted by Crippen LogP contribution is -2.35. The minimum Gasteiger partial charge on any atom is -0.497 e. The molecule has 1 aromatic carbocycles. The van der Waals surface area contributed by atoms with Gasteiger partial charge in [0, 0.05) is 13.1 Å². The molecular weight excluding hydrogens is 410 g/mol. The third-order valence-electron chi connectivity index (χ3n) is 3.49. The summed E-state index contributed by atoms with van der Waals surface area (Å²) in [4.78, 5) is 5.87. The molecule has 1 fully saturated rings. The lowest BCUT2D eigenvalue weighted by atomic mass is 10.1. The molecule has 2 rings (SSSR count). The number of benzene rings is 1. The number of nitrogens with zero attached hydrogens (tertiary/aromatic N) is 2. The molecule has 0 spiro atoms. The fraction of sp³-hybridized carbons (Fsp3) is 0.500. The van der Waals surface area contributed by atoms with Crippen LogP contribution in [0, 0.1) is 0 Å². The number of aliphatic imine (C=N–C) groups is 1. The largest absolute Gasteiger partial charge is 0.497 e. The van der Waals surface area contributed by atoms with Crippen molar-refractivity contribution in [1.29, 1.82) is 0 Å². The third kappa shape index (κ3) is 4.65. The van der Waals surface area contributed by atoms with Crippen LogP contribution in [-0.4, -0.2) is 31.1 Å². The zero-order valence-electron chi connectivity index (χ0n) is 12.4. The molecule has 0 radical (unpaired) electrons. The van der Waals surface area contributed by atoms with Gasteiger partial charge in [-0.05, 0) is 30.5 Å². The second-order valence-corrected chi connectivity index (χ2v) is 5.04. The van der Waals surface area contributed by atoms with Crippen LogP contribution < -0.4 is 10.5 Å². The fourth-order valence-corrected chi connectivity index (χ4v) is 2.01. The highest BCUT2D eigenvalue weighted by Gasteiger charge is 2.34. The van der Waals surface area contributed by atoms with Crippen molar-refractivity contribution < 1.29 is 17.9 Å². The Morgan fingerprint density at radius 1 is 1.41 bits per heavy atom. The number of methoxy groups -OCH3 is 1. The van der Waals surface area contributed by atoms with E-state index < -0.39 is 11.7 Å². The first kappa shape index (κ1) is 18.9. The summed E-state index contributed by atoms with van der Waals surface area (Å²) < 4.78 is 44.0. The first-order valence-electron chi connectivity index (χ1n) is 6.59. The minimum absolute atomic E-state index is 0. The molecule has 22 heavy (non-hydrogen) atoms. The molecule has 4 nitrogen and oxygen atoms in total. The Hall–Kier alpha value is -1.19. The van der Waals surface area contributed by atoms with Gasteiger partial charge in [0.15, 0.2) is 5.96 Å². The van der Waals surface area contributed by atoms with Gasteiger partial charge >= 0.3 is 6.18 Å². The van der Waals surface area contributed by atoms with Crippen LogP contribution in [0.15, 0.2) is 23.2 Å². The van der Waals surface area contributed by atoms with E-state index in [0.29, 0.717) is 6.04 Å². The summed E-state index contributed by atoms with van der Waals surface area (Å²) in [5.41, 5.74) is 5.13. The van der Waals surface area contributed by atoms with Gasteiger partial charge < -0.3 is 15.4 Å². The maximum atomic E-state index is 13.0. The van der Waals surface area contributed by atoms with Gasteiger partial charge in [-0.3, -0.25) is 0 Å². The topological polar surface area (TPSA) is 50.9 Å². The van der Waals surface area contributed by atoms with Crippen molar-refractivity contribution in [2.75, 3.05) is 14.2 Å². The van der Waals surface area contributed by atoms with E-state index in [1.54, 1.807) is 11.9 Å². The molecule has 124 valence electrons. The Labute approximate surface area is 144 Å². The highest BCUT2D eigenvalue weighted by atomic mass is 127. The highest BCUT2D eigenvalue weighted by molar-refractivity contribution is 14.0. The summed E-state index contributed by atoms with van der Waals surface area (Å²) in [5.74, 6) is 0.430. The van der Waals surface area contributed by atoms with Crippen LogP contribution in [-0.2, 0) is 12.7 Å². The lowest BCUT2D eigenvalue weighted by Gasteiger charge is -2.18. The molecular formula is C14H19F3IN3O. The molecule has 1 aliphatic carbocycles. The van der Waals surface area contributed by atoms with Gasteiger partial charge in [0.2, 0.25) is 0 Å². The zero-order chi connectivity index (χ0) is 15.6. The number of alkyl halides is 3. The first-order chi connectivity index (χ1) is 9.82. The van der Waals surface area contributed by atoms with Crippen molar-refractivity contribution in [1.82, 2.24) is 4.90 Å². The SMILES string of the molecule is COc1ccc(CN=C(N)N(C)C2CC2)c(C(F)(F)F)c1.I. The van der Waals surface area contributed by atoms with Crippen molar-refractivity contribution in [2.24, 2.45) is 10.7 Å². The van der Waals surface area contributed by atoms with Gasteiger partial charge in [-0.25, -0.2) is 4.99 Å². The number of hydrogen-bond donors (Lipinski definition) is 1. The standard InChI is InChI=1S/C14H18F3N3O.HI/c1-20(10-4-5-10)13(18)19-8-9-3-6-11(21-2)7-12(9)14(15,16)17;/h3,6-7,10H,4-5,8H2,1-2H3,(H2,18,19);1H. The van der Waals surface area contributed by atoms with Crippen LogP contribution in [0.4, 0.5) is 13.2 Å². The predicted octanol–water partition coefficient (Wildman–Crippen LogP) is 3.24. The number of ether oxygens (including phenoxy) is 1. The van der Waals surface area contributed by atoms with Gasteiger partial charge in [0.05, 0.1) is 19.2 Å². The number of hydrogen-bond acceptors (Lipinski definition) is 2. The Morgan fingerprint density at radius 2 is 2.05 bits per heavy atom. The van der Waals surface area contributed by atoms with Crippen molar-refractivity contribution in [3.05, 3.63) is 29.3 Å². The van der Waals surface area contributed by atoms with E-state index in [0.717, 1.165) is 18.9 Å². The van der Waals surface area contributed by atoms with Crippen LogP contribution in [0.5, 0.6) is 5.75 Å². The van der Waals surface area contributed by atoms with E-state index in [2.05, 4.69) is 4.99 Å². The number of rotatable bonds is 4. The average molecular weight is 429 g/mol. The van der Waals surface area contributed by atoms with E-state index >= 15 is 0 Å². The average Bonchev–Trinajstić information content (AvgIpc) is 3.27. The summed E-state index contributed by atoms with van der Waals surface area (Å²) in [6.07, 6.45) is -2.36. The predicted molar refractivity (Wildman–Crippen MR) is 89.5 cm³/mol. The maximum Gasteiger partial charge on any atom is 0.416 e. The van der Waals surface area contributed by atoms with Gasteiger partial charge in [-0.1, -0.05) is 6.07 Å². The Balaban J connectivity index is 0.00000242. The van der Waals surface area contributed by atoms with Crippen LogP contribution in [0.25, 0.3) is 0 Å². The number of nitrogens with two attached hydrogens (primary N) is 1. The highest BCUT2D eigenvalue weighted by Crippen LogP contribution is 2.34. The number of guanidine groups is 1. The van der Waals surface area contributed by atoms with Gasteiger partial charge in [0.25, 0.3) is 0 Å². The molecule has 0 amide bonds. The lowest BCUT2D eigenvalue weighted by molar-refractivity contribution is -0.138. The summed E-state index contributed by atoms with van der Waals surface area (Å²) in [6, 6.07) is 4.20. The quantitative estimate of drug-likeness (QED) is 0.455. The monoisotopic (exact) mass is 429 g/mol. The van der Waals surface area contributed by atoms with E-state index in [9.17, 15) is 13.2 Å². The molecule has 2 N–H and O–H groups in total. The summed E-state index contributed by atoms with van der Waals surface area (Å²) in [5, 5.41) is 0. The van der Waals surface area contributed by atoms with Crippen LogP contribution in [0.3, 0.4) is 0 Å². The van der Waals surface area contributed by atoms with Crippen LogP contribution in [0.1, 0.15) is 24.0 Å². The Kier molecular flexibility index (Phi) is 6.33. The molecule has 0 unspecified atom stereocenters. The maximum absolute atomic E-state index is 13.0. The molecule has 0 bridgehead atoms. The fourth-order valence-electron chi connectivity index (χ4n) is 2.01. The first-order valence-corrected chi connectivity index (χ1v) is 6.59. The van der Waals surface area contributed by atoms with Crippen molar-refractivity contribution in [3.8, 4) is 5.75 Å². The normalized spacial score (nSPS) is 15.2. The van der Waals surface area contributed by atoms with Crippen LogP contribution in [0.2, 0.25) is 0 Å². The molecule has 1 saturated carbocycles. The summed E-state index contributed by atoms with van der Waals surface area (Å²) in [7, 11) is 3.13. The van der Waals surface area contributed by atoms with E-state index in [-0.39, 0.29) is 47.8 Å². The van der Waals surface area contributed by atoms with Gasteiger partial charge in [-0.15, -0.1) is 24.0 Å². The third-order valence-corrected chi connectivity index (χ3v) is 3.49. The molecule has 1 aliphatic rings. The van der Waals surface area contributed by atoms with E-state index in [4.69, 9.17) is 10.5 Å². The molecule has 1 aromatic rings. The minimum atomic E-state index is -4.45. The summed E-state index contributed by atoms with van der Waals surface area (Å²) in [6.45, 7) is -0.109. The molecule has 0 aliphatic heterocycles. The zero-order valence-corrected chi connectivity index (χ0v) is 14.7. The molecule has 0 heterocycles. The number of halogens is 4. The van der Waals surface area contributed by atoms with Crippen molar-refractivity contribution in [3.63, 3.8) is 0 Å². The Morgan fingerprint density at radius 3 is 2.55 bits per heavy atom. The second kappa shape index (κ2) is 7.38. The van der Waals surface area contributed by atoms with E-state index in [1.807, 2.05) is 0 Å². The second-order valence-electron chi connectivity index (χ2n) is 5.04. The van der Waals surface area contributed by atoms with Gasteiger partial charge in [-0.2, -0.15) is 13.2 Å². The molecule has 0 aromatic heterocycles. The molecule has 8 heteroatoms. The molecule has 0 saturated heterocycles. The summed E-state index contributed by atoms with van der Waals surface area (Å²) >= 11 is 0. The molecule has 0 atom stereocenters. The van der Waals surface area contributed by atoms with Gasteiger partial charge in [0.1, 0.15) is 5.75 Å². The smallest absolute Gasteiger partial charge is 0.416 e. The van der Waals surface area contributed by atoms with Crippen molar-refractivity contribution in [2.45, 2.75) is 31.6 Å². The van der Waals surface area contributed by atoms with Crippen molar-refractivity contribution >= 4 is 29.9 Å². The van der Waals surface area contributed by atoms with Crippen LogP contribution >= 0.6 is 24.0 Å². The Bertz CT molecular complexity index is 545. The van der Waals surface area contributed by atoms with E-state index in [1.165, 1.54) is 19.2 Å².